The molecule has 0 spiro atoms. The van der Waals surface area contributed by atoms with Crippen molar-refractivity contribution in [2.45, 2.75) is 19.9 Å². The lowest BCUT2D eigenvalue weighted by Crippen LogP contribution is -2.23. The highest BCUT2D eigenvalue weighted by molar-refractivity contribution is 5.96. The monoisotopic (exact) mass is 150 g/mol. The third kappa shape index (κ3) is 0.878. The van der Waals surface area contributed by atoms with Gasteiger partial charge >= 0.3 is 0 Å². The zero-order valence-corrected chi connectivity index (χ0v) is 6.45. The number of carbonyl (C=O) groups excluding carboxylic acids is 1. The minimum Gasteiger partial charge on any atom is -0.328 e. The second-order valence-electron chi connectivity index (χ2n) is 3.03. The number of hydrogen-bond acceptors (Lipinski definition) is 2. The zero-order chi connectivity index (χ0) is 7.84. The van der Waals surface area contributed by atoms with Crippen LogP contribution in [-0.2, 0) is 6.54 Å². The van der Waals surface area contributed by atoms with Gasteiger partial charge < -0.3 is 4.57 Å². The lowest BCUT2D eigenvalue weighted by atomic mass is 9.97. The van der Waals surface area contributed by atoms with Crippen molar-refractivity contribution in [2.75, 3.05) is 0 Å². The Morgan fingerprint density at radius 1 is 1.73 bits per heavy atom. The number of Topliss-reactive ketones (excluding diaryl/α,β-unsaturated/α-hetero) is 1. The van der Waals surface area contributed by atoms with Crippen molar-refractivity contribution in [3.05, 3.63) is 18.2 Å². The molecule has 2 rings (SSSR count). The van der Waals surface area contributed by atoms with Crippen molar-refractivity contribution in [1.29, 1.82) is 0 Å². The SMILES string of the molecule is C[C@H]1CCn2cncc2C1=O. The van der Waals surface area contributed by atoms with Gasteiger partial charge in [-0.3, -0.25) is 4.79 Å². The topological polar surface area (TPSA) is 34.9 Å². The summed E-state index contributed by atoms with van der Waals surface area (Å²) >= 11 is 0. The van der Waals surface area contributed by atoms with Gasteiger partial charge in [0, 0.05) is 12.5 Å². The highest BCUT2D eigenvalue weighted by atomic mass is 16.1. The summed E-state index contributed by atoms with van der Waals surface area (Å²) in [5.41, 5.74) is 0.767. The van der Waals surface area contributed by atoms with Crippen LogP contribution in [0.25, 0.3) is 0 Å². The molecule has 3 nitrogen and oxygen atoms in total. The average Bonchev–Trinajstić information content (AvgIpc) is 2.45. The van der Waals surface area contributed by atoms with E-state index in [1.165, 1.54) is 0 Å². The van der Waals surface area contributed by atoms with Crippen LogP contribution in [0.3, 0.4) is 0 Å². The predicted octanol–water partition coefficient (Wildman–Crippen LogP) is 1.11. The van der Waals surface area contributed by atoms with Crippen molar-refractivity contribution < 1.29 is 4.79 Å². The van der Waals surface area contributed by atoms with Gasteiger partial charge in [-0.1, -0.05) is 6.92 Å². The molecule has 0 amide bonds. The Hall–Kier alpha value is -1.12. The van der Waals surface area contributed by atoms with E-state index in [9.17, 15) is 4.79 Å². The van der Waals surface area contributed by atoms with E-state index >= 15 is 0 Å². The Balaban J connectivity index is 2.46. The number of aryl methyl sites for hydroxylation is 1. The average molecular weight is 150 g/mol. The van der Waals surface area contributed by atoms with Gasteiger partial charge in [0.05, 0.1) is 12.5 Å². The predicted molar refractivity (Wildman–Crippen MR) is 40.3 cm³/mol. The fourth-order valence-corrected chi connectivity index (χ4v) is 1.42. The molecule has 11 heavy (non-hydrogen) atoms. The van der Waals surface area contributed by atoms with Crippen molar-refractivity contribution in [2.24, 2.45) is 5.92 Å². The largest absolute Gasteiger partial charge is 0.328 e. The number of nitrogens with zero attached hydrogens (tertiary/aromatic N) is 2. The van der Waals surface area contributed by atoms with E-state index in [1.54, 1.807) is 12.5 Å². The Morgan fingerprint density at radius 3 is 3.36 bits per heavy atom. The molecule has 0 N–H and O–H groups in total. The lowest BCUT2D eigenvalue weighted by molar-refractivity contribution is 0.0891. The first kappa shape index (κ1) is 6.58. The summed E-state index contributed by atoms with van der Waals surface area (Å²) < 4.78 is 1.92. The van der Waals surface area contributed by atoms with E-state index in [4.69, 9.17) is 0 Å². The molecular formula is C8H10N2O. The van der Waals surface area contributed by atoms with Gasteiger partial charge in [0.1, 0.15) is 5.69 Å². The van der Waals surface area contributed by atoms with Crippen LogP contribution in [0.5, 0.6) is 0 Å². The minimum absolute atomic E-state index is 0.180. The molecule has 0 saturated carbocycles. The van der Waals surface area contributed by atoms with Crippen molar-refractivity contribution in [3.8, 4) is 0 Å². The summed E-state index contributed by atoms with van der Waals surface area (Å²) in [6, 6.07) is 0. The summed E-state index contributed by atoms with van der Waals surface area (Å²) in [4.78, 5) is 15.3. The van der Waals surface area contributed by atoms with Gasteiger partial charge in [-0.05, 0) is 6.42 Å². The molecule has 1 aromatic rings. The number of aromatic nitrogens is 2. The molecule has 1 aliphatic rings. The molecule has 1 aliphatic heterocycles. The van der Waals surface area contributed by atoms with Crippen LogP contribution in [0.4, 0.5) is 0 Å². The molecule has 0 bridgehead atoms. The third-order valence-electron chi connectivity index (χ3n) is 2.22. The van der Waals surface area contributed by atoms with Crippen LogP contribution in [0.15, 0.2) is 12.5 Å². The minimum atomic E-state index is 0.180. The number of carbonyl (C=O) groups is 1. The van der Waals surface area contributed by atoms with E-state index in [-0.39, 0.29) is 11.7 Å². The second kappa shape index (κ2) is 2.19. The Labute approximate surface area is 65.1 Å². The van der Waals surface area contributed by atoms with E-state index in [0.29, 0.717) is 0 Å². The molecule has 3 heteroatoms. The van der Waals surface area contributed by atoms with Crippen LogP contribution in [0, 0.1) is 5.92 Å². The van der Waals surface area contributed by atoms with Crippen molar-refractivity contribution in [3.63, 3.8) is 0 Å². The second-order valence-corrected chi connectivity index (χ2v) is 3.03. The van der Waals surface area contributed by atoms with Crippen LogP contribution >= 0.6 is 0 Å². The number of hydrogen-bond donors (Lipinski definition) is 0. The first-order valence-corrected chi connectivity index (χ1v) is 3.83. The van der Waals surface area contributed by atoms with Gasteiger partial charge in [0.2, 0.25) is 0 Å². The summed E-state index contributed by atoms with van der Waals surface area (Å²) in [6.07, 6.45) is 4.32. The molecule has 0 aliphatic carbocycles. The molecule has 58 valence electrons. The van der Waals surface area contributed by atoms with E-state index in [0.717, 1.165) is 18.7 Å². The quantitative estimate of drug-likeness (QED) is 0.555. The first-order valence-electron chi connectivity index (χ1n) is 3.83. The summed E-state index contributed by atoms with van der Waals surface area (Å²) in [6.45, 7) is 2.90. The van der Waals surface area contributed by atoms with Gasteiger partial charge in [-0.15, -0.1) is 0 Å². The van der Waals surface area contributed by atoms with Crippen molar-refractivity contribution in [1.82, 2.24) is 9.55 Å². The normalized spacial score (nSPS) is 23.4. The highest BCUT2D eigenvalue weighted by Gasteiger charge is 2.23. The molecule has 1 aromatic heterocycles. The lowest BCUT2D eigenvalue weighted by Gasteiger charge is -2.18. The maximum absolute atomic E-state index is 11.4. The molecule has 0 aromatic carbocycles. The zero-order valence-electron chi connectivity index (χ0n) is 6.45. The fourth-order valence-electron chi connectivity index (χ4n) is 1.42. The van der Waals surface area contributed by atoms with Gasteiger partial charge in [0.15, 0.2) is 5.78 Å². The number of ketones is 1. The summed E-state index contributed by atoms with van der Waals surface area (Å²) in [7, 11) is 0. The molecule has 1 atom stereocenters. The molecule has 0 radical (unpaired) electrons. The van der Waals surface area contributed by atoms with Crippen LogP contribution in [0.1, 0.15) is 23.8 Å². The molecule has 2 heterocycles. The highest BCUT2D eigenvalue weighted by Crippen LogP contribution is 2.18. The Bertz CT molecular complexity index is 290. The Kier molecular flexibility index (Phi) is 1.31. The van der Waals surface area contributed by atoms with Crippen LogP contribution in [0.2, 0.25) is 0 Å². The van der Waals surface area contributed by atoms with Gasteiger partial charge in [0.25, 0.3) is 0 Å². The van der Waals surface area contributed by atoms with E-state index < -0.39 is 0 Å². The Morgan fingerprint density at radius 2 is 2.55 bits per heavy atom. The summed E-state index contributed by atoms with van der Waals surface area (Å²) in [5.74, 6) is 0.410. The maximum Gasteiger partial charge on any atom is 0.183 e. The smallest absolute Gasteiger partial charge is 0.183 e. The van der Waals surface area contributed by atoms with Gasteiger partial charge in [-0.25, -0.2) is 4.98 Å². The van der Waals surface area contributed by atoms with E-state index in [1.807, 2.05) is 11.5 Å². The molecule has 0 saturated heterocycles. The van der Waals surface area contributed by atoms with Crippen molar-refractivity contribution >= 4 is 5.78 Å². The van der Waals surface area contributed by atoms with Crippen LogP contribution in [-0.4, -0.2) is 15.3 Å². The number of imidazole rings is 1. The number of fused-ring (bicyclic) bond motifs is 1. The fraction of sp³-hybridized carbons (Fsp3) is 0.500. The van der Waals surface area contributed by atoms with E-state index in [2.05, 4.69) is 4.98 Å². The first-order chi connectivity index (χ1) is 5.29. The third-order valence-corrected chi connectivity index (χ3v) is 2.22. The molecular weight excluding hydrogens is 140 g/mol. The van der Waals surface area contributed by atoms with Gasteiger partial charge in [-0.2, -0.15) is 0 Å². The molecule has 0 unspecified atom stereocenters. The van der Waals surface area contributed by atoms with Crippen LogP contribution < -0.4 is 0 Å². The number of rotatable bonds is 0. The molecule has 0 fully saturated rings. The summed E-state index contributed by atoms with van der Waals surface area (Å²) in [5, 5.41) is 0. The standard InChI is InChI=1S/C8H10N2O/c1-6-2-3-10-5-9-4-7(10)8(6)11/h4-6H,2-3H2,1H3/t6-/m0/s1. The maximum atomic E-state index is 11.4.